The zero-order valence-electron chi connectivity index (χ0n) is 15.1. The van der Waals surface area contributed by atoms with Gasteiger partial charge in [0.05, 0.1) is 36.6 Å². The van der Waals surface area contributed by atoms with Gasteiger partial charge < -0.3 is 9.15 Å². The summed E-state index contributed by atoms with van der Waals surface area (Å²) in [5.74, 6) is -0.452. The fraction of sp³-hybridized carbons (Fsp3) is 0.278. The number of benzene rings is 1. The van der Waals surface area contributed by atoms with Crippen LogP contribution in [0.5, 0.6) is 0 Å². The number of carbonyl (C=O) groups excluding carboxylic acids is 1. The van der Waals surface area contributed by atoms with Crippen molar-refractivity contribution in [1.82, 2.24) is 9.03 Å². The van der Waals surface area contributed by atoms with Crippen LogP contribution in [0.25, 0.3) is 0 Å². The number of halogens is 3. The van der Waals surface area contributed by atoms with Gasteiger partial charge in [0.25, 0.3) is 0 Å². The third-order valence-corrected chi connectivity index (χ3v) is 5.53. The third-order valence-electron chi connectivity index (χ3n) is 4.14. The van der Waals surface area contributed by atoms with E-state index in [0.29, 0.717) is 5.76 Å². The zero-order valence-corrected chi connectivity index (χ0v) is 16.0. The Bertz CT molecular complexity index is 999. The van der Waals surface area contributed by atoms with E-state index in [-0.39, 0.29) is 24.3 Å². The normalized spacial score (nSPS) is 19.0. The summed E-state index contributed by atoms with van der Waals surface area (Å²) in [5.41, 5.74) is -0.785. The molecule has 11 heteroatoms. The fourth-order valence-corrected chi connectivity index (χ4v) is 4.01. The summed E-state index contributed by atoms with van der Waals surface area (Å²) in [7, 11) is -4.10. The molecule has 0 saturated heterocycles. The first-order valence-corrected chi connectivity index (χ1v) is 9.93. The molecule has 0 fully saturated rings. The van der Waals surface area contributed by atoms with Gasteiger partial charge >= 0.3 is 22.4 Å². The first kappa shape index (κ1) is 20.9. The molecule has 0 bridgehead atoms. The molecule has 1 aromatic heterocycles. The molecule has 1 aliphatic rings. The van der Waals surface area contributed by atoms with E-state index in [4.69, 9.17) is 9.15 Å². The van der Waals surface area contributed by atoms with Crippen LogP contribution in [0.3, 0.4) is 0 Å². The van der Waals surface area contributed by atoms with E-state index in [1.165, 1.54) is 6.26 Å². The van der Waals surface area contributed by atoms with Gasteiger partial charge in [-0.3, -0.25) is 4.31 Å². The summed E-state index contributed by atoms with van der Waals surface area (Å²) < 4.78 is 77.0. The molecule has 2 heterocycles. The first-order valence-electron chi connectivity index (χ1n) is 8.49. The number of esters is 1. The van der Waals surface area contributed by atoms with Crippen molar-refractivity contribution in [2.45, 2.75) is 25.7 Å². The van der Waals surface area contributed by atoms with Crippen LogP contribution in [0, 0.1) is 0 Å². The average Bonchev–Trinajstić information content (AvgIpc) is 3.15. The monoisotopic (exact) mass is 430 g/mol. The van der Waals surface area contributed by atoms with Gasteiger partial charge in [-0.1, -0.05) is 12.1 Å². The van der Waals surface area contributed by atoms with Gasteiger partial charge in [-0.15, -0.1) is 0 Å². The first-order chi connectivity index (χ1) is 13.6. The Morgan fingerprint density at radius 3 is 2.48 bits per heavy atom. The number of alkyl halides is 3. The molecule has 1 aliphatic heterocycles. The van der Waals surface area contributed by atoms with Crippen molar-refractivity contribution in [2.24, 2.45) is 0 Å². The topological polar surface area (TPSA) is 88.8 Å². The molecule has 1 aromatic carbocycles. The quantitative estimate of drug-likeness (QED) is 0.737. The van der Waals surface area contributed by atoms with Crippen molar-refractivity contribution in [3.63, 3.8) is 0 Å². The number of hydrogen-bond donors (Lipinski definition) is 1. The predicted octanol–water partition coefficient (Wildman–Crippen LogP) is 3.14. The number of nitrogens with zero attached hydrogens (tertiary/aromatic N) is 1. The zero-order chi connectivity index (χ0) is 21.2. The highest BCUT2D eigenvalue weighted by Crippen LogP contribution is 2.33. The molecule has 29 heavy (non-hydrogen) atoms. The van der Waals surface area contributed by atoms with Crippen molar-refractivity contribution < 1.29 is 35.5 Å². The van der Waals surface area contributed by atoms with Crippen LogP contribution in [0.4, 0.5) is 13.2 Å². The summed E-state index contributed by atoms with van der Waals surface area (Å²) >= 11 is 0. The molecule has 1 N–H and O–H groups in total. The van der Waals surface area contributed by atoms with Crippen molar-refractivity contribution in [3.8, 4) is 0 Å². The van der Waals surface area contributed by atoms with Gasteiger partial charge in [-0.2, -0.15) is 26.3 Å². The van der Waals surface area contributed by atoms with Crippen molar-refractivity contribution in [1.29, 1.82) is 0 Å². The summed E-state index contributed by atoms with van der Waals surface area (Å²) in [5, 5.41) is 0. The number of ether oxygens (including phenoxy) is 1. The second-order valence-corrected chi connectivity index (χ2v) is 7.76. The van der Waals surface area contributed by atoms with Crippen LogP contribution >= 0.6 is 0 Å². The summed E-state index contributed by atoms with van der Waals surface area (Å²) in [6.45, 7) is 1.45. The van der Waals surface area contributed by atoms with Gasteiger partial charge in [-0.05, 0) is 36.8 Å². The Morgan fingerprint density at radius 2 is 1.93 bits per heavy atom. The van der Waals surface area contributed by atoms with Gasteiger partial charge in [0, 0.05) is 6.20 Å². The maximum atomic E-state index is 12.8. The minimum atomic E-state index is -4.54. The van der Waals surface area contributed by atoms with Gasteiger partial charge in [0.2, 0.25) is 0 Å². The average molecular weight is 430 g/mol. The molecule has 1 unspecified atom stereocenters. The van der Waals surface area contributed by atoms with Crippen molar-refractivity contribution >= 4 is 16.2 Å². The van der Waals surface area contributed by atoms with Crippen molar-refractivity contribution in [2.75, 3.05) is 6.61 Å². The maximum Gasteiger partial charge on any atom is 0.416 e. The fourth-order valence-electron chi connectivity index (χ4n) is 2.76. The molecule has 0 aliphatic carbocycles. The second-order valence-electron chi connectivity index (χ2n) is 6.11. The molecule has 0 saturated carbocycles. The van der Waals surface area contributed by atoms with Crippen LogP contribution in [-0.4, -0.2) is 25.3 Å². The Balaban J connectivity index is 2.00. The summed E-state index contributed by atoms with van der Waals surface area (Å²) in [6, 6.07) is 5.82. The Morgan fingerprint density at radius 1 is 1.24 bits per heavy atom. The van der Waals surface area contributed by atoms with Gasteiger partial charge in [-0.25, -0.2) is 4.79 Å². The standard InChI is InChI=1S/C18H17F3N2O5S/c1-2-27-17(24)15-11-23(10-14-4-3-9-28-14)29(25,26)22-16(15)12-5-7-13(8-6-12)18(19,20)21/h3-9,11,16,22H,2,10H2,1H3. The summed E-state index contributed by atoms with van der Waals surface area (Å²) in [4.78, 5) is 12.4. The van der Waals surface area contributed by atoms with E-state index in [9.17, 15) is 26.4 Å². The lowest BCUT2D eigenvalue weighted by atomic mass is 9.98. The number of rotatable bonds is 5. The van der Waals surface area contributed by atoms with Crippen LogP contribution in [0.1, 0.15) is 29.9 Å². The SMILES string of the molecule is CCOC(=O)C1=CN(Cc2ccco2)S(=O)(=O)NC1c1ccc(C(F)(F)F)cc1. The largest absolute Gasteiger partial charge is 0.467 e. The summed E-state index contributed by atoms with van der Waals surface area (Å²) in [6.07, 6.45) is -2.06. The van der Waals surface area contributed by atoms with Crippen LogP contribution in [0.15, 0.2) is 58.9 Å². The Labute approximate surface area is 164 Å². The smallest absolute Gasteiger partial charge is 0.416 e. The van der Waals surface area contributed by atoms with E-state index in [0.717, 1.165) is 34.8 Å². The lowest BCUT2D eigenvalue weighted by Gasteiger charge is -2.31. The minimum absolute atomic E-state index is 0.0425. The van der Waals surface area contributed by atoms with E-state index in [1.54, 1.807) is 19.1 Å². The number of hydrogen-bond acceptors (Lipinski definition) is 5. The van der Waals surface area contributed by atoms with Gasteiger partial charge in [0.1, 0.15) is 5.76 Å². The second kappa shape index (κ2) is 7.91. The molecule has 3 rings (SSSR count). The molecule has 0 spiro atoms. The van der Waals surface area contributed by atoms with E-state index in [2.05, 4.69) is 4.72 Å². The molecule has 1 atom stereocenters. The lowest BCUT2D eigenvalue weighted by molar-refractivity contribution is -0.139. The molecule has 7 nitrogen and oxygen atoms in total. The lowest BCUT2D eigenvalue weighted by Crippen LogP contribution is -2.45. The number of carbonyl (C=O) groups is 1. The van der Waals surface area contributed by atoms with E-state index >= 15 is 0 Å². The van der Waals surface area contributed by atoms with Crippen LogP contribution in [0.2, 0.25) is 0 Å². The highest BCUT2D eigenvalue weighted by Gasteiger charge is 2.37. The minimum Gasteiger partial charge on any atom is -0.467 e. The van der Waals surface area contributed by atoms with E-state index < -0.39 is 34.0 Å². The van der Waals surface area contributed by atoms with Crippen LogP contribution < -0.4 is 4.72 Å². The van der Waals surface area contributed by atoms with Crippen LogP contribution in [-0.2, 0) is 32.5 Å². The third kappa shape index (κ3) is 4.62. The Kier molecular flexibility index (Phi) is 5.71. The van der Waals surface area contributed by atoms with E-state index in [1.807, 2.05) is 0 Å². The highest BCUT2D eigenvalue weighted by molar-refractivity contribution is 7.87. The van der Waals surface area contributed by atoms with Crippen molar-refractivity contribution in [3.05, 3.63) is 71.3 Å². The molecule has 2 aromatic rings. The highest BCUT2D eigenvalue weighted by atomic mass is 32.2. The molecular formula is C18H17F3N2O5S. The molecule has 0 amide bonds. The number of furan rings is 1. The molecular weight excluding hydrogens is 413 g/mol. The maximum absolute atomic E-state index is 12.8. The Hall–Kier alpha value is -2.79. The molecule has 156 valence electrons. The molecule has 0 radical (unpaired) electrons. The predicted molar refractivity (Wildman–Crippen MR) is 95.2 cm³/mol. The number of nitrogens with one attached hydrogen (secondary N) is 1. The van der Waals surface area contributed by atoms with Gasteiger partial charge in [0.15, 0.2) is 0 Å².